The quantitative estimate of drug-likeness (QED) is 0.392. The summed E-state index contributed by atoms with van der Waals surface area (Å²) >= 11 is 2.90. The lowest BCUT2D eigenvalue weighted by Gasteiger charge is -2.30. The average molecular weight is 501 g/mol. The first kappa shape index (κ1) is 25.3. The summed E-state index contributed by atoms with van der Waals surface area (Å²) in [5.74, 6) is -0.227. The molecule has 178 valence electrons. The molecule has 0 aliphatic carbocycles. The van der Waals surface area contributed by atoms with Gasteiger partial charge in [0.25, 0.3) is 0 Å². The highest BCUT2D eigenvalue weighted by molar-refractivity contribution is 7.89. The molecule has 0 bridgehead atoms. The molecule has 5 N–H and O–H groups in total. The number of sulfonamides is 1. The van der Waals surface area contributed by atoms with E-state index in [9.17, 15) is 18.3 Å². The van der Waals surface area contributed by atoms with Gasteiger partial charge in [0.15, 0.2) is 0 Å². The lowest BCUT2D eigenvalue weighted by atomic mass is 9.97. The fraction of sp³-hybridized carbons (Fsp3) is 0.571. The van der Waals surface area contributed by atoms with Crippen LogP contribution in [0.3, 0.4) is 0 Å². The minimum atomic E-state index is -3.68. The second kappa shape index (κ2) is 10.7. The van der Waals surface area contributed by atoms with Crippen LogP contribution in [0, 0.1) is 18.8 Å². The fourth-order valence-electron chi connectivity index (χ4n) is 3.58. The van der Waals surface area contributed by atoms with Crippen LogP contribution in [0.15, 0.2) is 28.5 Å². The van der Waals surface area contributed by atoms with Gasteiger partial charge in [0.2, 0.25) is 15.9 Å². The smallest absolute Gasteiger partial charge is 0.244 e. The molecular formula is C21H32N4O4S3. The molecule has 0 spiro atoms. The van der Waals surface area contributed by atoms with Gasteiger partial charge in [-0.15, -0.1) is 22.7 Å². The highest BCUT2D eigenvalue weighted by atomic mass is 32.2. The van der Waals surface area contributed by atoms with Gasteiger partial charge in [-0.2, -0.15) is 4.31 Å². The second-order valence-corrected chi connectivity index (χ2v) is 12.6. The Kier molecular flexibility index (Phi) is 8.48. The van der Waals surface area contributed by atoms with E-state index >= 15 is 0 Å². The van der Waals surface area contributed by atoms with Gasteiger partial charge in [-0.25, -0.2) is 8.42 Å². The lowest BCUT2D eigenvalue weighted by molar-refractivity contribution is -0.126. The Morgan fingerprint density at radius 3 is 2.62 bits per heavy atom. The van der Waals surface area contributed by atoms with Gasteiger partial charge >= 0.3 is 0 Å². The Balaban J connectivity index is 1.60. The minimum Gasteiger partial charge on any atom is -0.378 e. The van der Waals surface area contributed by atoms with Gasteiger partial charge in [0.05, 0.1) is 17.6 Å². The van der Waals surface area contributed by atoms with Gasteiger partial charge in [0, 0.05) is 33.6 Å². The second-order valence-electron chi connectivity index (χ2n) is 8.38. The molecule has 2 aromatic heterocycles. The highest BCUT2D eigenvalue weighted by Gasteiger charge is 2.34. The van der Waals surface area contributed by atoms with E-state index < -0.39 is 22.4 Å². The van der Waals surface area contributed by atoms with E-state index in [4.69, 9.17) is 5.73 Å². The van der Waals surface area contributed by atoms with Crippen LogP contribution >= 0.6 is 22.7 Å². The van der Waals surface area contributed by atoms with E-state index in [-0.39, 0.29) is 22.6 Å². The van der Waals surface area contributed by atoms with Crippen molar-refractivity contribution in [3.63, 3.8) is 0 Å². The van der Waals surface area contributed by atoms with Crippen molar-refractivity contribution in [3.8, 4) is 0 Å². The van der Waals surface area contributed by atoms with Gasteiger partial charge in [0.1, 0.15) is 6.23 Å². The number of nitrogens with zero attached hydrogens (tertiary/aromatic N) is 1. The van der Waals surface area contributed by atoms with Crippen LogP contribution in [0.4, 0.5) is 0 Å². The largest absolute Gasteiger partial charge is 0.378 e. The molecule has 0 aromatic carbocycles. The molecule has 8 nitrogen and oxygen atoms in total. The van der Waals surface area contributed by atoms with Crippen molar-refractivity contribution < 1.29 is 18.3 Å². The van der Waals surface area contributed by atoms with Crippen molar-refractivity contribution in [2.75, 3.05) is 13.1 Å². The molecule has 32 heavy (non-hydrogen) atoms. The number of aliphatic hydroxyl groups excluding tert-OH is 1. The third-order valence-electron chi connectivity index (χ3n) is 5.64. The van der Waals surface area contributed by atoms with Gasteiger partial charge < -0.3 is 16.2 Å². The van der Waals surface area contributed by atoms with Crippen LogP contribution < -0.4 is 16.4 Å². The molecule has 2 unspecified atom stereocenters. The molecule has 2 atom stereocenters. The molecule has 11 heteroatoms. The molecule has 0 radical (unpaired) electrons. The number of nitrogens with one attached hydrogen (secondary N) is 2. The maximum atomic E-state index is 13.3. The number of hydrogen-bond acceptors (Lipinski definition) is 8. The van der Waals surface area contributed by atoms with E-state index in [1.54, 1.807) is 24.3 Å². The number of piperidine rings is 1. The summed E-state index contributed by atoms with van der Waals surface area (Å²) in [6.07, 6.45) is -0.448. The predicted octanol–water partition coefficient (Wildman–Crippen LogP) is 2.36. The van der Waals surface area contributed by atoms with Crippen molar-refractivity contribution in [3.05, 3.63) is 38.2 Å². The number of aliphatic hydroxyl groups is 1. The Morgan fingerprint density at radius 1 is 1.34 bits per heavy atom. The van der Waals surface area contributed by atoms with Gasteiger partial charge in [-0.05, 0) is 43.2 Å². The summed E-state index contributed by atoms with van der Waals surface area (Å²) < 4.78 is 28.0. The number of aryl methyl sites for hydroxylation is 1. The van der Waals surface area contributed by atoms with Crippen molar-refractivity contribution in [2.24, 2.45) is 17.6 Å². The number of nitrogens with two attached hydrogens (primary N) is 1. The van der Waals surface area contributed by atoms with Gasteiger partial charge in [-0.3, -0.25) is 10.1 Å². The first-order chi connectivity index (χ1) is 15.1. The van der Waals surface area contributed by atoms with E-state index in [0.29, 0.717) is 42.2 Å². The molecule has 2 aromatic rings. The number of thiophene rings is 2. The monoisotopic (exact) mass is 500 g/mol. The molecule has 3 rings (SSSR count). The average Bonchev–Trinajstić information content (AvgIpc) is 3.41. The lowest BCUT2D eigenvalue weighted by Crippen LogP contribution is -2.42. The fourth-order valence-corrected chi connectivity index (χ4v) is 7.24. The maximum absolute atomic E-state index is 13.3. The normalized spacial score (nSPS) is 18.1. The molecule has 1 aliphatic heterocycles. The van der Waals surface area contributed by atoms with E-state index in [1.807, 2.05) is 31.4 Å². The first-order valence-corrected chi connectivity index (χ1v) is 13.8. The summed E-state index contributed by atoms with van der Waals surface area (Å²) in [7, 11) is -3.68. The number of hydrogen-bond donors (Lipinski definition) is 4. The first-order valence-electron chi connectivity index (χ1n) is 10.7. The molecular weight excluding hydrogens is 468 g/mol. The number of carbonyl (C=O) groups is 1. The molecule has 1 saturated heterocycles. The zero-order valence-electron chi connectivity index (χ0n) is 18.6. The van der Waals surface area contributed by atoms with Gasteiger partial charge in [-0.1, -0.05) is 19.9 Å². The Bertz CT molecular complexity index is 996. The van der Waals surface area contributed by atoms with Crippen LogP contribution in [0.5, 0.6) is 0 Å². The Morgan fingerprint density at radius 2 is 2.03 bits per heavy atom. The van der Waals surface area contributed by atoms with Crippen LogP contribution in [0.1, 0.15) is 47.5 Å². The topological polar surface area (TPSA) is 125 Å². The maximum Gasteiger partial charge on any atom is 0.244 e. The van der Waals surface area contributed by atoms with E-state index in [1.165, 1.54) is 15.6 Å². The Labute approximate surface area is 197 Å². The van der Waals surface area contributed by atoms with Crippen molar-refractivity contribution in [2.45, 2.75) is 57.4 Å². The molecule has 0 saturated carbocycles. The number of carbonyl (C=O) groups excluding carboxylic acids is 1. The SMILES string of the molecule is Cc1sc(C(N)NC(O)C(C)C)cc1S(=O)(=O)N1CCC(C(=O)NCc2cccs2)CC1. The minimum absolute atomic E-state index is 0.0193. The van der Waals surface area contributed by atoms with E-state index in [2.05, 4.69) is 10.6 Å². The third-order valence-corrected chi connectivity index (χ3v) is 9.80. The van der Waals surface area contributed by atoms with Crippen LogP contribution in [0.25, 0.3) is 0 Å². The summed E-state index contributed by atoms with van der Waals surface area (Å²) in [5.41, 5.74) is 6.14. The summed E-state index contributed by atoms with van der Waals surface area (Å²) in [5, 5.41) is 17.8. The molecule has 1 aliphatic rings. The zero-order valence-corrected chi connectivity index (χ0v) is 21.0. The van der Waals surface area contributed by atoms with Crippen LogP contribution in [0.2, 0.25) is 0 Å². The number of rotatable bonds is 9. The number of amides is 1. The molecule has 1 fully saturated rings. The standard InChI is InChI=1S/C21H32N4O4S3/c1-13(2)20(26)24-19(22)17-11-18(14(3)31-17)32(28,29)25-8-6-15(7-9-25)21(27)23-12-16-5-4-10-30-16/h4-5,10-11,13,15,19-20,24,26H,6-9,12,22H2,1-3H3,(H,23,27). The van der Waals surface area contributed by atoms with Crippen molar-refractivity contribution >= 4 is 38.6 Å². The highest BCUT2D eigenvalue weighted by Crippen LogP contribution is 2.32. The summed E-state index contributed by atoms with van der Waals surface area (Å²) in [6.45, 7) is 6.61. The van der Waals surface area contributed by atoms with Crippen LogP contribution in [-0.4, -0.2) is 43.1 Å². The zero-order chi connectivity index (χ0) is 23.5. The van der Waals surface area contributed by atoms with E-state index in [0.717, 1.165) is 4.88 Å². The van der Waals surface area contributed by atoms with Crippen LogP contribution in [-0.2, 0) is 21.4 Å². The molecule has 1 amide bonds. The summed E-state index contributed by atoms with van der Waals surface area (Å²) in [4.78, 5) is 15.1. The summed E-state index contributed by atoms with van der Waals surface area (Å²) in [6, 6.07) is 5.52. The Hall–Kier alpha value is -1.34. The van der Waals surface area contributed by atoms with Crippen molar-refractivity contribution in [1.29, 1.82) is 0 Å². The molecule has 3 heterocycles. The van der Waals surface area contributed by atoms with Crippen molar-refractivity contribution in [1.82, 2.24) is 14.9 Å². The third kappa shape index (κ3) is 5.96. The predicted molar refractivity (Wildman–Crippen MR) is 128 cm³/mol.